The molecule has 4 rings (SSSR count). The first kappa shape index (κ1) is 18.8. The molecular formula is C18H21N5O4S. The van der Waals surface area contributed by atoms with E-state index in [1.165, 1.54) is 6.26 Å². The quantitative estimate of drug-likeness (QED) is 0.644. The molecule has 148 valence electrons. The van der Waals surface area contributed by atoms with Crippen LogP contribution in [0.3, 0.4) is 0 Å². The van der Waals surface area contributed by atoms with Gasteiger partial charge in [-0.1, -0.05) is 0 Å². The van der Waals surface area contributed by atoms with Crippen LogP contribution < -0.4 is 4.90 Å². The van der Waals surface area contributed by atoms with E-state index < -0.39 is 9.84 Å². The Balaban J connectivity index is 1.81. The van der Waals surface area contributed by atoms with E-state index in [9.17, 15) is 13.5 Å². The van der Waals surface area contributed by atoms with E-state index in [0.717, 1.165) is 16.5 Å². The Morgan fingerprint density at radius 2 is 2.00 bits per heavy atom. The third kappa shape index (κ3) is 3.98. The first-order valence-electron chi connectivity index (χ1n) is 8.89. The van der Waals surface area contributed by atoms with E-state index in [-0.39, 0.29) is 12.4 Å². The standard InChI is InChI=1S/C18H21N5O4S/c1-28(25,26)11-13-9-17(23-4-6-27-7-5-23)20-18(19-13)12-2-3-15-14(8-12)16(10-24)22-21-15/h2-3,8-9,24H,4-7,10-11H2,1H3,(H,21,22). The minimum Gasteiger partial charge on any atom is -0.390 e. The number of anilines is 1. The Morgan fingerprint density at radius 1 is 1.21 bits per heavy atom. The number of hydrogen-bond acceptors (Lipinski definition) is 8. The molecular weight excluding hydrogens is 382 g/mol. The smallest absolute Gasteiger partial charge is 0.161 e. The molecule has 1 aromatic carbocycles. The number of aromatic nitrogens is 4. The van der Waals surface area contributed by atoms with Crippen LogP contribution in [0.1, 0.15) is 11.4 Å². The summed E-state index contributed by atoms with van der Waals surface area (Å²) in [5, 5.41) is 17.2. The van der Waals surface area contributed by atoms with E-state index in [2.05, 4.69) is 25.1 Å². The first-order chi connectivity index (χ1) is 13.4. The maximum atomic E-state index is 11.8. The summed E-state index contributed by atoms with van der Waals surface area (Å²) in [4.78, 5) is 11.2. The van der Waals surface area contributed by atoms with E-state index in [0.29, 0.717) is 49.3 Å². The third-order valence-corrected chi connectivity index (χ3v) is 5.38. The number of nitrogens with zero attached hydrogens (tertiary/aromatic N) is 4. The SMILES string of the molecule is CS(=O)(=O)Cc1cc(N2CCOCC2)nc(-c2ccc3n[nH]c(CO)c3c2)n1. The molecule has 0 spiro atoms. The zero-order valence-corrected chi connectivity index (χ0v) is 16.2. The van der Waals surface area contributed by atoms with Crippen molar-refractivity contribution in [3.05, 3.63) is 35.7 Å². The van der Waals surface area contributed by atoms with Gasteiger partial charge in [-0.3, -0.25) is 5.10 Å². The fraction of sp³-hybridized carbons (Fsp3) is 0.389. The van der Waals surface area contributed by atoms with Crippen molar-refractivity contribution in [2.75, 3.05) is 37.5 Å². The Kier molecular flexibility index (Phi) is 5.00. The number of benzene rings is 1. The van der Waals surface area contributed by atoms with E-state index in [1.807, 2.05) is 18.2 Å². The Hall–Kier alpha value is -2.56. The minimum atomic E-state index is -3.24. The van der Waals surface area contributed by atoms with Crippen LogP contribution in [0.5, 0.6) is 0 Å². The van der Waals surface area contributed by atoms with E-state index in [1.54, 1.807) is 6.07 Å². The van der Waals surface area contributed by atoms with Gasteiger partial charge >= 0.3 is 0 Å². The number of aliphatic hydroxyl groups excluding tert-OH is 1. The molecule has 1 aliphatic heterocycles. The number of nitrogens with one attached hydrogen (secondary N) is 1. The molecule has 0 saturated carbocycles. The minimum absolute atomic E-state index is 0.157. The van der Waals surface area contributed by atoms with Crippen molar-refractivity contribution in [3.63, 3.8) is 0 Å². The molecule has 28 heavy (non-hydrogen) atoms. The van der Waals surface area contributed by atoms with Gasteiger partial charge < -0.3 is 14.7 Å². The van der Waals surface area contributed by atoms with Crippen LogP contribution in [0.15, 0.2) is 24.3 Å². The van der Waals surface area contributed by atoms with Crippen molar-refractivity contribution in [2.45, 2.75) is 12.4 Å². The Bertz CT molecular complexity index is 1110. The highest BCUT2D eigenvalue weighted by Gasteiger charge is 2.18. The second-order valence-electron chi connectivity index (χ2n) is 6.80. The summed E-state index contributed by atoms with van der Waals surface area (Å²) in [6, 6.07) is 7.24. The summed E-state index contributed by atoms with van der Waals surface area (Å²) in [6.45, 7) is 2.41. The average molecular weight is 403 g/mol. The normalized spacial score (nSPS) is 15.3. The number of morpholine rings is 1. The molecule has 0 radical (unpaired) electrons. The molecule has 3 heterocycles. The number of sulfone groups is 1. The molecule has 2 N–H and O–H groups in total. The van der Waals surface area contributed by atoms with Crippen LogP contribution in [-0.2, 0) is 26.9 Å². The number of rotatable bonds is 5. The lowest BCUT2D eigenvalue weighted by molar-refractivity contribution is 0.122. The predicted octanol–water partition coefficient (Wildman–Crippen LogP) is 0.893. The number of aliphatic hydroxyl groups is 1. The van der Waals surface area contributed by atoms with Crippen molar-refractivity contribution in [1.82, 2.24) is 20.2 Å². The highest BCUT2D eigenvalue weighted by molar-refractivity contribution is 7.89. The van der Waals surface area contributed by atoms with Gasteiger partial charge in [0.15, 0.2) is 15.7 Å². The lowest BCUT2D eigenvalue weighted by atomic mass is 10.1. The number of ether oxygens (including phenoxy) is 1. The fourth-order valence-electron chi connectivity index (χ4n) is 3.23. The number of H-pyrrole nitrogens is 1. The highest BCUT2D eigenvalue weighted by Crippen LogP contribution is 2.26. The van der Waals surface area contributed by atoms with Crippen LogP contribution in [0.4, 0.5) is 5.82 Å². The Labute approximate surface area is 162 Å². The van der Waals surface area contributed by atoms with Crippen LogP contribution >= 0.6 is 0 Å². The Morgan fingerprint density at radius 3 is 2.71 bits per heavy atom. The van der Waals surface area contributed by atoms with Gasteiger partial charge in [0.25, 0.3) is 0 Å². The predicted molar refractivity (Wildman–Crippen MR) is 105 cm³/mol. The van der Waals surface area contributed by atoms with Gasteiger partial charge in [-0.2, -0.15) is 5.10 Å². The summed E-state index contributed by atoms with van der Waals surface area (Å²) in [5.74, 6) is 0.964. The number of hydrogen-bond donors (Lipinski definition) is 2. The summed E-state index contributed by atoms with van der Waals surface area (Å²) in [7, 11) is -3.24. The molecule has 0 aliphatic carbocycles. The van der Waals surface area contributed by atoms with Crippen molar-refractivity contribution < 1.29 is 18.3 Å². The van der Waals surface area contributed by atoms with Gasteiger partial charge in [0.05, 0.1) is 42.5 Å². The second kappa shape index (κ2) is 7.46. The topological polar surface area (TPSA) is 121 Å². The molecule has 1 aliphatic rings. The van der Waals surface area contributed by atoms with Crippen molar-refractivity contribution in [2.24, 2.45) is 0 Å². The molecule has 0 amide bonds. The molecule has 0 bridgehead atoms. The highest BCUT2D eigenvalue weighted by atomic mass is 32.2. The second-order valence-corrected chi connectivity index (χ2v) is 8.94. The van der Waals surface area contributed by atoms with Gasteiger partial charge in [0.2, 0.25) is 0 Å². The largest absolute Gasteiger partial charge is 0.390 e. The maximum absolute atomic E-state index is 11.8. The maximum Gasteiger partial charge on any atom is 0.161 e. The van der Waals surface area contributed by atoms with Crippen molar-refractivity contribution in [1.29, 1.82) is 0 Å². The lowest BCUT2D eigenvalue weighted by Gasteiger charge is -2.28. The molecule has 9 nitrogen and oxygen atoms in total. The van der Waals surface area contributed by atoms with E-state index in [4.69, 9.17) is 4.74 Å². The zero-order valence-electron chi connectivity index (χ0n) is 15.4. The average Bonchev–Trinajstić information content (AvgIpc) is 3.09. The molecule has 10 heteroatoms. The van der Waals surface area contributed by atoms with Crippen molar-refractivity contribution in [3.8, 4) is 11.4 Å². The molecule has 1 saturated heterocycles. The van der Waals surface area contributed by atoms with Gasteiger partial charge in [0.1, 0.15) is 5.82 Å². The molecule has 1 fully saturated rings. The van der Waals surface area contributed by atoms with Gasteiger partial charge in [-0.25, -0.2) is 18.4 Å². The van der Waals surface area contributed by atoms with E-state index >= 15 is 0 Å². The van der Waals surface area contributed by atoms with Gasteiger partial charge in [-0.15, -0.1) is 0 Å². The van der Waals surface area contributed by atoms with Gasteiger partial charge in [-0.05, 0) is 18.2 Å². The monoisotopic (exact) mass is 403 g/mol. The lowest BCUT2D eigenvalue weighted by Crippen LogP contribution is -2.37. The van der Waals surface area contributed by atoms with Crippen molar-refractivity contribution >= 4 is 26.6 Å². The van der Waals surface area contributed by atoms with Crippen LogP contribution in [-0.4, -0.2) is 66.2 Å². The summed E-state index contributed by atoms with van der Waals surface area (Å²) in [5.41, 5.74) is 2.52. The van der Waals surface area contributed by atoms with Crippen LogP contribution in [0.25, 0.3) is 22.3 Å². The van der Waals surface area contributed by atoms with Crippen LogP contribution in [0.2, 0.25) is 0 Å². The zero-order chi connectivity index (χ0) is 19.7. The third-order valence-electron chi connectivity index (χ3n) is 4.56. The molecule has 3 aromatic rings. The summed E-state index contributed by atoms with van der Waals surface area (Å²) >= 11 is 0. The molecule has 0 atom stereocenters. The first-order valence-corrected chi connectivity index (χ1v) is 11.0. The number of aromatic amines is 1. The summed E-state index contributed by atoms with van der Waals surface area (Å²) < 4.78 is 29.0. The molecule has 2 aromatic heterocycles. The van der Waals surface area contributed by atoms with Gasteiger partial charge in [0, 0.05) is 36.4 Å². The van der Waals surface area contributed by atoms with Crippen LogP contribution in [0, 0.1) is 0 Å². The summed E-state index contributed by atoms with van der Waals surface area (Å²) in [6.07, 6.45) is 1.19. The number of fused-ring (bicyclic) bond motifs is 1. The molecule has 0 unspecified atom stereocenters. The fourth-order valence-corrected chi connectivity index (χ4v) is 3.92.